The van der Waals surface area contributed by atoms with Crippen molar-refractivity contribution < 1.29 is 19.4 Å². The van der Waals surface area contributed by atoms with Crippen molar-refractivity contribution in [2.24, 2.45) is 5.92 Å². The molecule has 1 amide bonds. The molecule has 2 rings (SSSR count). The van der Waals surface area contributed by atoms with Crippen LogP contribution in [0.1, 0.15) is 42.4 Å². The Morgan fingerprint density at radius 3 is 2.64 bits per heavy atom. The van der Waals surface area contributed by atoms with Gasteiger partial charge in [0.05, 0.1) is 16.9 Å². The summed E-state index contributed by atoms with van der Waals surface area (Å²) in [5.41, 5.74) is 0.509. The molecule has 25 heavy (non-hydrogen) atoms. The van der Waals surface area contributed by atoms with E-state index in [4.69, 9.17) is 4.74 Å². The first kappa shape index (κ1) is 18.5. The molecule has 0 saturated carbocycles. The minimum atomic E-state index is -1.10. The standard InChI is InChI=1S/C17H22N4O4/c1-10-13(15(22)23)14(12(5-18)7-19-10)21-8-11(9-21)6-20-16(24)25-17(2,3)4/h7,11H,6,8-9H2,1-4H3,(H,20,24)(H,22,23). The van der Waals surface area contributed by atoms with E-state index in [-0.39, 0.29) is 17.0 Å². The monoisotopic (exact) mass is 346 g/mol. The normalized spacial score (nSPS) is 14.4. The van der Waals surface area contributed by atoms with Crippen LogP contribution in [0.4, 0.5) is 10.5 Å². The summed E-state index contributed by atoms with van der Waals surface area (Å²) in [4.78, 5) is 29.0. The van der Waals surface area contributed by atoms with Crippen molar-refractivity contribution in [1.82, 2.24) is 10.3 Å². The van der Waals surface area contributed by atoms with Crippen LogP contribution >= 0.6 is 0 Å². The van der Waals surface area contributed by atoms with Crippen molar-refractivity contribution in [3.8, 4) is 6.07 Å². The number of aryl methyl sites for hydroxylation is 1. The van der Waals surface area contributed by atoms with Gasteiger partial charge in [-0.05, 0) is 27.7 Å². The second kappa shape index (κ2) is 6.97. The summed E-state index contributed by atoms with van der Waals surface area (Å²) in [6.45, 7) is 8.51. The molecule has 1 saturated heterocycles. The molecule has 0 spiro atoms. The molecule has 1 fully saturated rings. The lowest BCUT2D eigenvalue weighted by atomic mass is 9.96. The van der Waals surface area contributed by atoms with Crippen LogP contribution in [-0.2, 0) is 4.74 Å². The maximum Gasteiger partial charge on any atom is 0.407 e. The van der Waals surface area contributed by atoms with Crippen LogP contribution in [0, 0.1) is 24.2 Å². The lowest BCUT2D eigenvalue weighted by Crippen LogP contribution is -2.52. The van der Waals surface area contributed by atoms with Gasteiger partial charge in [0.15, 0.2) is 0 Å². The zero-order chi connectivity index (χ0) is 18.8. The number of hydrogen-bond donors (Lipinski definition) is 2. The molecule has 1 aromatic rings. The van der Waals surface area contributed by atoms with Gasteiger partial charge in [-0.2, -0.15) is 5.26 Å². The summed E-state index contributed by atoms with van der Waals surface area (Å²) in [6.07, 6.45) is 0.915. The smallest absolute Gasteiger partial charge is 0.407 e. The average Bonchev–Trinajstić information content (AvgIpc) is 2.43. The van der Waals surface area contributed by atoms with Crippen molar-refractivity contribution in [3.63, 3.8) is 0 Å². The quantitative estimate of drug-likeness (QED) is 0.855. The van der Waals surface area contributed by atoms with Crippen molar-refractivity contribution in [1.29, 1.82) is 5.26 Å². The summed E-state index contributed by atoms with van der Waals surface area (Å²) < 4.78 is 5.18. The minimum absolute atomic E-state index is 0.0533. The predicted octanol–water partition coefficient (Wildman–Crippen LogP) is 1.92. The van der Waals surface area contributed by atoms with Gasteiger partial charge in [-0.15, -0.1) is 0 Å². The lowest BCUT2D eigenvalue weighted by molar-refractivity contribution is 0.0516. The third-order valence-corrected chi connectivity index (χ3v) is 3.78. The van der Waals surface area contributed by atoms with Gasteiger partial charge in [0.2, 0.25) is 0 Å². The fraction of sp³-hybridized carbons (Fsp3) is 0.529. The van der Waals surface area contributed by atoms with E-state index in [9.17, 15) is 20.0 Å². The molecule has 8 heteroatoms. The number of carboxylic acids is 1. The van der Waals surface area contributed by atoms with Gasteiger partial charge in [-0.25, -0.2) is 9.59 Å². The van der Waals surface area contributed by atoms with Crippen LogP contribution in [0.3, 0.4) is 0 Å². The fourth-order valence-corrected chi connectivity index (χ4v) is 2.68. The van der Waals surface area contributed by atoms with Crippen LogP contribution < -0.4 is 10.2 Å². The molecular weight excluding hydrogens is 324 g/mol. The largest absolute Gasteiger partial charge is 0.478 e. The molecule has 1 aliphatic rings. The number of carboxylic acid groups (broad SMARTS) is 1. The van der Waals surface area contributed by atoms with E-state index in [0.717, 1.165) is 0 Å². The van der Waals surface area contributed by atoms with Gasteiger partial charge >= 0.3 is 12.1 Å². The topological polar surface area (TPSA) is 116 Å². The predicted molar refractivity (Wildman–Crippen MR) is 90.6 cm³/mol. The van der Waals surface area contributed by atoms with Crippen molar-refractivity contribution in [2.45, 2.75) is 33.3 Å². The molecule has 0 unspecified atom stereocenters. The highest BCUT2D eigenvalue weighted by atomic mass is 16.6. The van der Waals surface area contributed by atoms with Crippen molar-refractivity contribution in [2.75, 3.05) is 24.5 Å². The van der Waals surface area contributed by atoms with Crippen molar-refractivity contribution in [3.05, 3.63) is 23.0 Å². The number of anilines is 1. The molecule has 0 atom stereocenters. The Morgan fingerprint density at radius 1 is 1.48 bits per heavy atom. The fourth-order valence-electron chi connectivity index (χ4n) is 2.68. The number of carbonyl (C=O) groups is 2. The Hall–Kier alpha value is -2.82. The first-order valence-corrected chi connectivity index (χ1v) is 7.97. The van der Waals surface area contributed by atoms with Crippen LogP contribution in [0.5, 0.6) is 0 Å². The van der Waals surface area contributed by atoms with E-state index in [1.54, 1.807) is 27.7 Å². The summed E-state index contributed by atoms with van der Waals surface area (Å²) in [7, 11) is 0. The van der Waals surface area contributed by atoms with Gasteiger partial charge < -0.3 is 20.1 Å². The summed E-state index contributed by atoms with van der Waals surface area (Å²) in [5.74, 6) is -0.943. The molecule has 0 bridgehead atoms. The average molecular weight is 346 g/mol. The van der Waals surface area contributed by atoms with Crippen LogP contribution in [-0.4, -0.2) is 47.4 Å². The first-order valence-electron chi connectivity index (χ1n) is 7.97. The van der Waals surface area contributed by atoms with E-state index >= 15 is 0 Å². The number of ether oxygens (including phenoxy) is 1. The first-order chi connectivity index (χ1) is 11.6. The highest BCUT2D eigenvalue weighted by Gasteiger charge is 2.33. The maximum atomic E-state index is 11.7. The summed E-state index contributed by atoms with van der Waals surface area (Å²) in [6, 6.07) is 2.00. The number of nitriles is 1. The number of rotatable bonds is 4. The SMILES string of the molecule is Cc1ncc(C#N)c(N2CC(CNC(=O)OC(C)(C)C)C2)c1C(=O)O. The third kappa shape index (κ3) is 4.38. The summed E-state index contributed by atoms with van der Waals surface area (Å²) in [5, 5.41) is 21.4. The highest BCUT2D eigenvalue weighted by molar-refractivity contribution is 5.97. The molecule has 0 aliphatic carbocycles. The third-order valence-electron chi connectivity index (χ3n) is 3.78. The number of hydrogen-bond acceptors (Lipinski definition) is 6. The van der Waals surface area contributed by atoms with Gasteiger partial charge in [-0.1, -0.05) is 0 Å². The number of carbonyl (C=O) groups excluding carboxylic acids is 1. The molecule has 2 heterocycles. The Kier molecular flexibility index (Phi) is 5.16. The van der Waals surface area contributed by atoms with Gasteiger partial charge in [0.1, 0.15) is 17.2 Å². The van der Waals surface area contributed by atoms with Gasteiger partial charge in [-0.3, -0.25) is 4.98 Å². The second-order valence-electron chi connectivity index (χ2n) is 7.05. The maximum absolute atomic E-state index is 11.7. The molecule has 8 nitrogen and oxygen atoms in total. The van der Waals surface area contributed by atoms with E-state index in [1.165, 1.54) is 6.20 Å². The van der Waals surface area contributed by atoms with Crippen LogP contribution in [0.25, 0.3) is 0 Å². The number of nitrogens with one attached hydrogen (secondary N) is 1. The van der Waals surface area contributed by atoms with E-state index in [0.29, 0.717) is 31.0 Å². The zero-order valence-corrected chi connectivity index (χ0v) is 14.8. The molecule has 2 N–H and O–H groups in total. The van der Waals surface area contributed by atoms with E-state index < -0.39 is 17.7 Å². The number of aromatic carboxylic acids is 1. The number of nitrogens with zero attached hydrogens (tertiary/aromatic N) is 3. The Bertz CT molecular complexity index is 727. The van der Waals surface area contributed by atoms with Crippen LogP contribution in [0.15, 0.2) is 6.20 Å². The lowest BCUT2D eigenvalue weighted by Gasteiger charge is -2.42. The van der Waals surface area contributed by atoms with Crippen LogP contribution in [0.2, 0.25) is 0 Å². The van der Waals surface area contributed by atoms with E-state index in [2.05, 4.69) is 10.3 Å². The molecular formula is C17H22N4O4. The number of alkyl carbamates (subject to hydrolysis) is 1. The second-order valence-corrected chi connectivity index (χ2v) is 7.05. The Balaban J connectivity index is 2.01. The Morgan fingerprint density at radius 2 is 2.12 bits per heavy atom. The molecule has 1 aromatic heterocycles. The van der Waals surface area contributed by atoms with Gasteiger partial charge in [0, 0.05) is 31.7 Å². The molecule has 1 aliphatic heterocycles. The number of amides is 1. The molecule has 134 valence electrons. The zero-order valence-electron chi connectivity index (χ0n) is 14.8. The van der Waals surface area contributed by atoms with Gasteiger partial charge in [0.25, 0.3) is 0 Å². The Labute approximate surface area is 146 Å². The number of aromatic nitrogens is 1. The highest BCUT2D eigenvalue weighted by Crippen LogP contribution is 2.32. The minimum Gasteiger partial charge on any atom is -0.478 e. The van der Waals surface area contributed by atoms with Crippen molar-refractivity contribution >= 4 is 17.7 Å². The van der Waals surface area contributed by atoms with E-state index in [1.807, 2.05) is 11.0 Å². The molecule has 0 radical (unpaired) electrons. The number of pyridine rings is 1. The summed E-state index contributed by atoms with van der Waals surface area (Å²) >= 11 is 0. The molecule has 0 aromatic carbocycles.